The fourth-order valence-corrected chi connectivity index (χ4v) is 3.71. The Morgan fingerprint density at radius 1 is 1.28 bits per heavy atom. The highest BCUT2D eigenvalue weighted by Crippen LogP contribution is 2.36. The average molecular weight is 401 g/mol. The monoisotopic (exact) mass is 401 g/mol. The number of urea groups is 1. The van der Waals surface area contributed by atoms with E-state index in [1.54, 1.807) is 11.9 Å². The average Bonchev–Trinajstić information content (AvgIpc) is 3.02. The molecular weight excluding hydrogens is 374 g/mol. The highest BCUT2D eigenvalue weighted by atomic mass is 16.6. The van der Waals surface area contributed by atoms with Crippen molar-refractivity contribution in [2.45, 2.75) is 45.3 Å². The molecule has 3 rings (SSSR count). The van der Waals surface area contributed by atoms with E-state index >= 15 is 0 Å². The first-order valence-electron chi connectivity index (χ1n) is 9.52. The van der Waals surface area contributed by atoms with Crippen molar-refractivity contribution >= 4 is 28.9 Å². The molecule has 8 heteroatoms. The number of H-pyrrole nitrogens is 1. The molecule has 1 aliphatic heterocycles. The van der Waals surface area contributed by atoms with Gasteiger partial charge in [0, 0.05) is 30.2 Å². The minimum absolute atomic E-state index is 0.139. The number of fused-ring (bicyclic) bond motifs is 3. The van der Waals surface area contributed by atoms with Crippen molar-refractivity contribution in [1.29, 1.82) is 0 Å². The zero-order valence-corrected chi connectivity index (χ0v) is 17.4. The Morgan fingerprint density at radius 3 is 2.62 bits per heavy atom. The van der Waals surface area contributed by atoms with E-state index in [9.17, 15) is 14.4 Å². The number of methoxy groups -OCH3 is 1. The second kappa shape index (κ2) is 7.77. The van der Waals surface area contributed by atoms with Gasteiger partial charge in [0.1, 0.15) is 11.5 Å². The van der Waals surface area contributed by atoms with Gasteiger partial charge < -0.3 is 24.7 Å². The van der Waals surface area contributed by atoms with Crippen molar-refractivity contribution in [3.05, 3.63) is 35.0 Å². The molecule has 0 bridgehead atoms. The van der Waals surface area contributed by atoms with Gasteiger partial charge in [0.25, 0.3) is 0 Å². The maximum atomic E-state index is 12.5. The lowest BCUT2D eigenvalue weighted by Crippen LogP contribution is -2.44. The van der Waals surface area contributed by atoms with Crippen molar-refractivity contribution in [2.75, 3.05) is 20.7 Å². The number of hydrogen-bond donors (Lipinski definition) is 2. The van der Waals surface area contributed by atoms with E-state index in [1.165, 1.54) is 7.11 Å². The summed E-state index contributed by atoms with van der Waals surface area (Å²) >= 11 is 0. The van der Waals surface area contributed by atoms with Crippen molar-refractivity contribution in [1.82, 2.24) is 15.2 Å². The minimum Gasteiger partial charge on any atom is -0.468 e. The van der Waals surface area contributed by atoms with E-state index in [2.05, 4.69) is 10.3 Å². The second-order valence-electron chi connectivity index (χ2n) is 8.17. The summed E-state index contributed by atoms with van der Waals surface area (Å²) in [5.74, 6) is -1.32. The highest BCUT2D eigenvalue weighted by molar-refractivity contribution is 5.93. The highest BCUT2D eigenvalue weighted by Gasteiger charge is 2.36. The number of nitrogens with one attached hydrogen (secondary N) is 2. The van der Waals surface area contributed by atoms with Crippen LogP contribution in [-0.4, -0.2) is 54.2 Å². The molecule has 156 valence electrons. The summed E-state index contributed by atoms with van der Waals surface area (Å²) in [7, 11) is 2.89. The number of aromatic amines is 1. The first-order valence-corrected chi connectivity index (χ1v) is 9.52. The number of aromatic nitrogens is 1. The molecule has 1 unspecified atom stereocenters. The molecule has 2 amide bonds. The van der Waals surface area contributed by atoms with E-state index in [0.717, 1.165) is 27.7 Å². The Bertz CT molecular complexity index is 957. The van der Waals surface area contributed by atoms with Crippen LogP contribution in [0.2, 0.25) is 0 Å². The van der Waals surface area contributed by atoms with Crippen LogP contribution in [0.3, 0.4) is 0 Å². The van der Waals surface area contributed by atoms with Crippen LogP contribution in [0.1, 0.15) is 43.5 Å². The molecule has 0 radical (unpaired) electrons. The van der Waals surface area contributed by atoms with Crippen molar-refractivity contribution in [2.24, 2.45) is 0 Å². The van der Waals surface area contributed by atoms with Crippen molar-refractivity contribution in [3.8, 4) is 0 Å². The fourth-order valence-electron chi connectivity index (χ4n) is 3.71. The van der Waals surface area contributed by atoms with Crippen molar-refractivity contribution in [3.63, 3.8) is 0 Å². The number of amides is 2. The van der Waals surface area contributed by atoms with Crippen molar-refractivity contribution < 1.29 is 23.9 Å². The molecule has 2 N–H and O–H groups in total. The summed E-state index contributed by atoms with van der Waals surface area (Å²) < 4.78 is 10.4. The number of esters is 2. The first-order chi connectivity index (χ1) is 13.6. The number of rotatable bonds is 3. The normalized spacial score (nSPS) is 16.3. The van der Waals surface area contributed by atoms with Gasteiger partial charge in [0.2, 0.25) is 0 Å². The quantitative estimate of drug-likeness (QED) is 0.770. The van der Waals surface area contributed by atoms with Gasteiger partial charge in [-0.2, -0.15) is 0 Å². The smallest absolute Gasteiger partial charge is 0.317 e. The Morgan fingerprint density at radius 2 is 2.00 bits per heavy atom. The molecule has 1 atom stereocenters. The van der Waals surface area contributed by atoms with Gasteiger partial charge in [-0.25, -0.2) is 4.79 Å². The molecule has 1 aliphatic rings. The van der Waals surface area contributed by atoms with Crippen LogP contribution >= 0.6 is 0 Å². The SMILES string of the molecule is CNC(=O)N1Cc2[nH]c3ccc(CC(=O)OC(C)(C)C)cc3c2C(C(=O)OC)C1. The van der Waals surface area contributed by atoms with Crippen LogP contribution in [0, 0.1) is 0 Å². The predicted octanol–water partition coefficient (Wildman–Crippen LogP) is 2.46. The van der Waals surface area contributed by atoms with E-state index in [1.807, 2.05) is 39.0 Å². The molecule has 2 heterocycles. The Hall–Kier alpha value is -3.03. The molecule has 2 aromatic rings. The largest absolute Gasteiger partial charge is 0.468 e. The number of carbonyl (C=O) groups is 3. The Balaban J connectivity index is 1.99. The Labute approximate surface area is 169 Å². The van der Waals surface area contributed by atoms with Crippen LogP contribution in [-0.2, 0) is 32.0 Å². The van der Waals surface area contributed by atoms with Crippen LogP contribution in [0.25, 0.3) is 10.9 Å². The summed E-state index contributed by atoms with van der Waals surface area (Å²) in [6.45, 7) is 6.07. The molecule has 8 nitrogen and oxygen atoms in total. The summed E-state index contributed by atoms with van der Waals surface area (Å²) in [6, 6.07) is 5.39. The van der Waals surface area contributed by atoms with Gasteiger partial charge in [-0.1, -0.05) is 6.07 Å². The third-order valence-electron chi connectivity index (χ3n) is 4.84. The number of hydrogen-bond acceptors (Lipinski definition) is 5. The van der Waals surface area contributed by atoms with Gasteiger partial charge in [-0.15, -0.1) is 0 Å². The number of benzene rings is 1. The molecule has 0 spiro atoms. The zero-order chi connectivity index (χ0) is 21.3. The van der Waals surface area contributed by atoms with Gasteiger partial charge in [0.15, 0.2) is 0 Å². The molecule has 0 aliphatic carbocycles. The topological polar surface area (TPSA) is 101 Å². The van der Waals surface area contributed by atoms with Gasteiger partial charge in [-0.3, -0.25) is 9.59 Å². The zero-order valence-electron chi connectivity index (χ0n) is 17.4. The van der Waals surface area contributed by atoms with Gasteiger partial charge in [-0.05, 0) is 44.0 Å². The molecule has 0 saturated heterocycles. The first kappa shape index (κ1) is 20.7. The van der Waals surface area contributed by atoms with Crippen LogP contribution in [0.4, 0.5) is 4.79 Å². The minimum atomic E-state index is -0.605. The van der Waals surface area contributed by atoms with Crippen LogP contribution < -0.4 is 5.32 Å². The lowest BCUT2D eigenvalue weighted by Gasteiger charge is -2.31. The lowest BCUT2D eigenvalue weighted by atomic mass is 9.91. The lowest BCUT2D eigenvalue weighted by molar-refractivity contribution is -0.154. The summed E-state index contributed by atoms with van der Waals surface area (Å²) in [4.78, 5) is 41.7. The molecular formula is C21H27N3O5. The predicted molar refractivity (Wildman–Crippen MR) is 107 cm³/mol. The maximum absolute atomic E-state index is 12.5. The number of carbonyl (C=O) groups excluding carboxylic acids is 3. The van der Waals surface area contributed by atoms with Gasteiger partial charge >= 0.3 is 18.0 Å². The van der Waals surface area contributed by atoms with Crippen LogP contribution in [0.5, 0.6) is 0 Å². The van der Waals surface area contributed by atoms with E-state index in [4.69, 9.17) is 9.47 Å². The van der Waals surface area contributed by atoms with E-state index in [-0.39, 0.29) is 25.0 Å². The van der Waals surface area contributed by atoms with E-state index in [0.29, 0.717) is 6.54 Å². The van der Waals surface area contributed by atoms with Gasteiger partial charge in [0.05, 0.1) is 20.1 Å². The molecule has 29 heavy (non-hydrogen) atoms. The third kappa shape index (κ3) is 4.36. The third-order valence-corrected chi connectivity index (χ3v) is 4.84. The molecule has 0 fully saturated rings. The standard InChI is InChI=1S/C21H27N3O5/c1-21(2,3)29-17(25)9-12-6-7-15-13(8-12)18-14(19(26)28-5)10-24(20(27)22-4)11-16(18)23-15/h6-8,14,23H,9-11H2,1-5H3,(H,22,27). The van der Waals surface area contributed by atoms with E-state index < -0.39 is 17.5 Å². The second-order valence-corrected chi connectivity index (χ2v) is 8.17. The van der Waals surface area contributed by atoms with Crippen LogP contribution in [0.15, 0.2) is 18.2 Å². The summed E-state index contributed by atoms with van der Waals surface area (Å²) in [5, 5.41) is 3.45. The fraction of sp³-hybridized carbons (Fsp3) is 0.476. The summed E-state index contributed by atoms with van der Waals surface area (Å²) in [6.07, 6.45) is 0.139. The molecule has 1 aromatic heterocycles. The molecule has 1 aromatic carbocycles. The Kier molecular flexibility index (Phi) is 5.55. The number of ether oxygens (including phenoxy) is 2. The summed E-state index contributed by atoms with van der Waals surface area (Å²) in [5.41, 5.74) is 2.70. The maximum Gasteiger partial charge on any atom is 0.317 e. The molecule has 0 saturated carbocycles. The number of nitrogens with zero attached hydrogens (tertiary/aromatic N) is 1.